The minimum atomic E-state index is 0.323. The summed E-state index contributed by atoms with van der Waals surface area (Å²) in [4.78, 5) is 8.65. The van der Waals surface area contributed by atoms with E-state index in [-0.39, 0.29) is 0 Å². The number of nitrogens with two attached hydrogens (primary N) is 1. The molecule has 1 saturated carbocycles. The van der Waals surface area contributed by atoms with Crippen molar-refractivity contribution in [2.24, 2.45) is 0 Å². The molecule has 1 aromatic carbocycles. The number of rotatable bonds is 3. The first-order chi connectivity index (χ1) is 9.60. The maximum atomic E-state index is 5.85. The summed E-state index contributed by atoms with van der Waals surface area (Å²) in [6.07, 6.45) is 3.72. The number of aromatic nitrogens is 2. The molecular formula is C16H20N4. The fourth-order valence-electron chi connectivity index (χ4n) is 2.57. The molecule has 3 rings (SSSR count). The summed E-state index contributed by atoms with van der Waals surface area (Å²) in [5, 5.41) is 3.43. The van der Waals surface area contributed by atoms with Crippen LogP contribution in [0.3, 0.4) is 0 Å². The summed E-state index contributed by atoms with van der Waals surface area (Å²) in [7, 11) is 0. The Morgan fingerprint density at radius 1 is 1.05 bits per heavy atom. The monoisotopic (exact) mass is 268 g/mol. The molecule has 1 aromatic heterocycles. The molecule has 0 radical (unpaired) electrons. The Morgan fingerprint density at radius 2 is 1.75 bits per heavy atom. The van der Waals surface area contributed by atoms with E-state index in [9.17, 15) is 0 Å². The molecule has 20 heavy (non-hydrogen) atoms. The quantitative estimate of drug-likeness (QED) is 0.896. The molecule has 4 heteroatoms. The first-order valence-corrected chi connectivity index (χ1v) is 7.10. The molecule has 104 valence electrons. The zero-order chi connectivity index (χ0) is 14.1. The molecule has 0 unspecified atom stereocenters. The van der Waals surface area contributed by atoms with Gasteiger partial charge in [-0.1, -0.05) is 17.2 Å². The Balaban J connectivity index is 1.95. The van der Waals surface area contributed by atoms with E-state index in [0.29, 0.717) is 12.0 Å². The number of benzene rings is 1. The van der Waals surface area contributed by atoms with Gasteiger partial charge in [0.2, 0.25) is 5.95 Å². The van der Waals surface area contributed by atoms with Gasteiger partial charge < -0.3 is 11.1 Å². The standard InChI is InChI=1S/C16H20N4/c1-10-6-11(2)8-12(7-10)14-9-15(20-16(17)19-14)18-13-4-3-5-13/h6-9,13H,3-5H2,1-2H3,(H3,17,18,19,20). The maximum Gasteiger partial charge on any atom is 0.222 e. The third kappa shape index (κ3) is 2.74. The van der Waals surface area contributed by atoms with E-state index >= 15 is 0 Å². The van der Waals surface area contributed by atoms with Gasteiger partial charge in [-0.05, 0) is 45.2 Å². The lowest BCUT2D eigenvalue weighted by molar-refractivity contribution is 0.444. The van der Waals surface area contributed by atoms with Crippen LogP contribution in [0.2, 0.25) is 0 Å². The van der Waals surface area contributed by atoms with E-state index in [4.69, 9.17) is 5.73 Å². The molecule has 4 nitrogen and oxygen atoms in total. The normalized spacial score (nSPS) is 14.9. The number of nitrogens with zero attached hydrogens (tertiary/aromatic N) is 2. The first-order valence-electron chi connectivity index (χ1n) is 7.10. The van der Waals surface area contributed by atoms with Crippen molar-refractivity contribution in [2.75, 3.05) is 11.1 Å². The molecule has 0 aliphatic heterocycles. The minimum Gasteiger partial charge on any atom is -0.368 e. The smallest absolute Gasteiger partial charge is 0.222 e. The van der Waals surface area contributed by atoms with Gasteiger partial charge in [0.15, 0.2) is 0 Å². The SMILES string of the molecule is Cc1cc(C)cc(-c2cc(NC3CCC3)nc(N)n2)c1. The second-order valence-corrected chi connectivity index (χ2v) is 5.65. The van der Waals surface area contributed by atoms with Crippen molar-refractivity contribution < 1.29 is 0 Å². The molecule has 0 bridgehead atoms. The van der Waals surface area contributed by atoms with E-state index in [1.807, 2.05) is 6.07 Å². The van der Waals surface area contributed by atoms with E-state index < -0.39 is 0 Å². The molecule has 0 amide bonds. The molecule has 3 N–H and O–H groups in total. The van der Waals surface area contributed by atoms with Crippen LogP contribution >= 0.6 is 0 Å². The Labute approximate surface area is 119 Å². The van der Waals surface area contributed by atoms with Gasteiger partial charge in [-0.15, -0.1) is 0 Å². The highest BCUT2D eigenvalue weighted by Crippen LogP contribution is 2.26. The van der Waals surface area contributed by atoms with Crippen LogP contribution in [0.15, 0.2) is 24.3 Å². The topological polar surface area (TPSA) is 63.8 Å². The van der Waals surface area contributed by atoms with Gasteiger partial charge in [-0.25, -0.2) is 4.98 Å². The molecule has 0 atom stereocenters. The van der Waals surface area contributed by atoms with E-state index in [2.05, 4.69) is 47.3 Å². The Bertz CT molecular complexity index is 612. The summed E-state index contributed by atoms with van der Waals surface area (Å²) in [6, 6.07) is 8.94. The molecule has 1 aliphatic carbocycles. The third-order valence-electron chi connectivity index (χ3n) is 3.72. The van der Waals surface area contributed by atoms with Gasteiger partial charge >= 0.3 is 0 Å². The predicted molar refractivity (Wildman–Crippen MR) is 82.6 cm³/mol. The van der Waals surface area contributed by atoms with Crippen molar-refractivity contribution in [1.82, 2.24) is 9.97 Å². The number of aryl methyl sites for hydroxylation is 2. The van der Waals surface area contributed by atoms with Crippen LogP contribution < -0.4 is 11.1 Å². The van der Waals surface area contributed by atoms with Gasteiger partial charge in [0.1, 0.15) is 5.82 Å². The molecule has 1 heterocycles. The van der Waals surface area contributed by atoms with Crippen molar-refractivity contribution in [2.45, 2.75) is 39.2 Å². The van der Waals surface area contributed by atoms with E-state index in [0.717, 1.165) is 17.1 Å². The molecule has 1 aliphatic rings. The van der Waals surface area contributed by atoms with Gasteiger partial charge in [-0.2, -0.15) is 4.98 Å². The van der Waals surface area contributed by atoms with Crippen molar-refractivity contribution in [3.63, 3.8) is 0 Å². The molecule has 2 aromatic rings. The van der Waals surface area contributed by atoms with Gasteiger partial charge in [0.05, 0.1) is 5.69 Å². The highest BCUT2D eigenvalue weighted by atomic mass is 15.1. The van der Waals surface area contributed by atoms with Crippen LogP contribution in [-0.2, 0) is 0 Å². The zero-order valence-electron chi connectivity index (χ0n) is 12.0. The van der Waals surface area contributed by atoms with Crippen LogP contribution in [0.4, 0.5) is 11.8 Å². The van der Waals surface area contributed by atoms with Crippen LogP contribution in [0.25, 0.3) is 11.3 Å². The highest BCUT2D eigenvalue weighted by Gasteiger charge is 2.18. The summed E-state index contributed by atoms with van der Waals surface area (Å²) < 4.78 is 0. The Morgan fingerprint density at radius 3 is 2.35 bits per heavy atom. The summed E-state index contributed by atoms with van der Waals surface area (Å²) in [6.45, 7) is 4.18. The second-order valence-electron chi connectivity index (χ2n) is 5.65. The Hall–Kier alpha value is -2.10. The fourth-order valence-corrected chi connectivity index (χ4v) is 2.57. The lowest BCUT2D eigenvalue weighted by atomic mass is 9.93. The number of nitrogen functional groups attached to an aromatic ring is 1. The van der Waals surface area contributed by atoms with Crippen molar-refractivity contribution in [3.05, 3.63) is 35.4 Å². The summed E-state index contributed by atoms with van der Waals surface area (Å²) in [5.74, 6) is 1.15. The van der Waals surface area contributed by atoms with Crippen LogP contribution in [0.5, 0.6) is 0 Å². The lowest BCUT2D eigenvalue weighted by Crippen LogP contribution is -2.27. The average Bonchev–Trinajstić information content (AvgIpc) is 2.32. The van der Waals surface area contributed by atoms with Crippen LogP contribution in [0, 0.1) is 13.8 Å². The number of hydrogen-bond acceptors (Lipinski definition) is 4. The largest absolute Gasteiger partial charge is 0.368 e. The maximum absolute atomic E-state index is 5.85. The average molecular weight is 268 g/mol. The highest BCUT2D eigenvalue weighted by molar-refractivity contribution is 5.65. The minimum absolute atomic E-state index is 0.323. The third-order valence-corrected chi connectivity index (χ3v) is 3.72. The molecule has 1 fully saturated rings. The summed E-state index contributed by atoms with van der Waals surface area (Å²) >= 11 is 0. The Kier molecular flexibility index (Phi) is 3.30. The van der Waals surface area contributed by atoms with E-state index in [1.54, 1.807) is 0 Å². The first kappa shape index (κ1) is 12.9. The van der Waals surface area contributed by atoms with Crippen LogP contribution in [-0.4, -0.2) is 16.0 Å². The number of anilines is 2. The molecule has 0 saturated heterocycles. The van der Waals surface area contributed by atoms with Crippen molar-refractivity contribution in [1.29, 1.82) is 0 Å². The van der Waals surface area contributed by atoms with E-state index in [1.165, 1.54) is 30.4 Å². The van der Waals surface area contributed by atoms with Crippen LogP contribution in [0.1, 0.15) is 30.4 Å². The van der Waals surface area contributed by atoms with Gasteiger partial charge in [0.25, 0.3) is 0 Å². The molecular weight excluding hydrogens is 248 g/mol. The molecule has 0 spiro atoms. The number of hydrogen-bond donors (Lipinski definition) is 2. The lowest BCUT2D eigenvalue weighted by Gasteiger charge is -2.27. The zero-order valence-corrected chi connectivity index (χ0v) is 12.0. The van der Waals surface area contributed by atoms with Gasteiger partial charge in [-0.3, -0.25) is 0 Å². The van der Waals surface area contributed by atoms with Crippen molar-refractivity contribution in [3.8, 4) is 11.3 Å². The number of nitrogens with one attached hydrogen (secondary N) is 1. The predicted octanol–water partition coefficient (Wildman–Crippen LogP) is 3.31. The van der Waals surface area contributed by atoms with Gasteiger partial charge in [0, 0.05) is 17.7 Å². The second kappa shape index (κ2) is 5.12. The van der Waals surface area contributed by atoms with Crippen molar-refractivity contribution >= 4 is 11.8 Å². The fraction of sp³-hybridized carbons (Fsp3) is 0.375. The summed E-state index contributed by atoms with van der Waals surface area (Å²) in [5.41, 5.74) is 10.3.